The average molecular weight is 290 g/mol. The van der Waals surface area contributed by atoms with Crippen LogP contribution in [0.2, 0.25) is 0 Å². The monoisotopic (exact) mass is 290 g/mol. The predicted octanol–water partition coefficient (Wildman–Crippen LogP) is 2.55. The molecule has 1 aliphatic carbocycles. The Bertz CT molecular complexity index is 448. The molecule has 5 heteroatoms. The molecule has 1 aliphatic heterocycles. The Morgan fingerprint density at radius 3 is 2.95 bits per heavy atom. The van der Waals surface area contributed by atoms with Crippen molar-refractivity contribution in [1.82, 2.24) is 14.9 Å². The molecule has 3 rings (SSSR count). The summed E-state index contributed by atoms with van der Waals surface area (Å²) < 4.78 is 5.12. The molecule has 1 atom stereocenters. The zero-order valence-corrected chi connectivity index (χ0v) is 12.9. The molecule has 2 fully saturated rings. The van der Waals surface area contributed by atoms with Crippen LogP contribution in [0, 0.1) is 5.92 Å². The van der Waals surface area contributed by atoms with Crippen LogP contribution in [0.15, 0.2) is 12.3 Å². The second kappa shape index (κ2) is 7.07. The number of likely N-dealkylation sites (tertiary alicyclic amines) is 1. The Kier molecular flexibility index (Phi) is 4.91. The molecule has 21 heavy (non-hydrogen) atoms. The lowest BCUT2D eigenvalue weighted by Gasteiger charge is -2.31. The van der Waals surface area contributed by atoms with Gasteiger partial charge in [-0.3, -0.25) is 0 Å². The lowest BCUT2D eigenvalue weighted by molar-refractivity contribution is 0.186. The van der Waals surface area contributed by atoms with E-state index in [0.29, 0.717) is 17.7 Å². The molecular weight excluding hydrogens is 264 g/mol. The molecule has 1 aromatic rings. The zero-order chi connectivity index (χ0) is 14.5. The first-order chi connectivity index (χ1) is 10.3. The van der Waals surface area contributed by atoms with Gasteiger partial charge in [-0.15, -0.1) is 0 Å². The van der Waals surface area contributed by atoms with E-state index < -0.39 is 0 Å². The van der Waals surface area contributed by atoms with E-state index in [1.165, 1.54) is 51.6 Å². The van der Waals surface area contributed by atoms with Gasteiger partial charge in [0.15, 0.2) is 0 Å². The second-order valence-corrected chi connectivity index (χ2v) is 6.24. The first-order valence-electron chi connectivity index (χ1n) is 8.20. The van der Waals surface area contributed by atoms with Crippen molar-refractivity contribution in [3.05, 3.63) is 12.3 Å². The standard InChI is InChI=1S/C16H26N4O/c1-21-15-7-9-17-16(19-15)18-11-13-8-10-20(12-13)14-5-3-2-4-6-14/h7,9,13-14H,2-6,8,10-12H2,1H3,(H,17,18,19)/t13-/m1/s1. The average Bonchev–Trinajstić information content (AvgIpc) is 3.03. The first kappa shape index (κ1) is 14.6. The Labute approximate surface area is 127 Å². The Morgan fingerprint density at radius 1 is 1.29 bits per heavy atom. The summed E-state index contributed by atoms with van der Waals surface area (Å²) in [5, 5.41) is 3.36. The van der Waals surface area contributed by atoms with Crippen molar-refractivity contribution < 1.29 is 4.74 Å². The number of aromatic nitrogens is 2. The molecule has 1 aromatic heterocycles. The fourth-order valence-corrected chi connectivity index (χ4v) is 3.58. The van der Waals surface area contributed by atoms with E-state index >= 15 is 0 Å². The SMILES string of the molecule is COc1ccnc(NC[C@H]2CCN(C3CCCCC3)C2)n1. The summed E-state index contributed by atoms with van der Waals surface area (Å²) in [4.78, 5) is 11.3. The molecule has 0 aromatic carbocycles. The summed E-state index contributed by atoms with van der Waals surface area (Å²) in [5.74, 6) is 2.00. The van der Waals surface area contributed by atoms with Gasteiger partial charge in [-0.2, -0.15) is 4.98 Å². The minimum Gasteiger partial charge on any atom is -0.481 e. The topological polar surface area (TPSA) is 50.3 Å². The number of rotatable bonds is 5. The van der Waals surface area contributed by atoms with E-state index in [1.807, 2.05) is 0 Å². The molecule has 1 saturated heterocycles. The van der Waals surface area contributed by atoms with Gasteiger partial charge in [0.25, 0.3) is 0 Å². The number of nitrogens with zero attached hydrogens (tertiary/aromatic N) is 3. The highest BCUT2D eigenvalue weighted by Gasteiger charge is 2.28. The van der Waals surface area contributed by atoms with Gasteiger partial charge in [-0.25, -0.2) is 4.98 Å². The van der Waals surface area contributed by atoms with E-state index in [2.05, 4.69) is 20.2 Å². The fourth-order valence-electron chi connectivity index (χ4n) is 3.58. The number of anilines is 1. The number of nitrogens with one attached hydrogen (secondary N) is 1. The maximum Gasteiger partial charge on any atom is 0.225 e. The Balaban J connectivity index is 1.46. The Morgan fingerprint density at radius 2 is 2.14 bits per heavy atom. The van der Waals surface area contributed by atoms with Gasteiger partial charge in [0.1, 0.15) is 0 Å². The van der Waals surface area contributed by atoms with E-state index in [4.69, 9.17) is 4.74 Å². The van der Waals surface area contributed by atoms with Crippen molar-refractivity contribution in [2.24, 2.45) is 5.92 Å². The third kappa shape index (κ3) is 3.84. The van der Waals surface area contributed by atoms with E-state index in [9.17, 15) is 0 Å². The van der Waals surface area contributed by atoms with Crippen LogP contribution in [0.3, 0.4) is 0 Å². The van der Waals surface area contributed by atoms with Crippen LogP contribution in [0.5, 0.6) is 5.88 Å². The van der Waals surface area contributed by atoms with E-state index in [0.717, 1.165) is 12.6 Å². The van der Waals surface area contributed by atoms with Gasteiger partial charge in [-0.05, 0) is 31.7 Å². The zero-order valence-electron chi connectivity index (χ0n) is 12.9. The number of methoxy groups -OCH3 is 1. The predicted molar refractivity (Wildman–Crippen MR) is 83.6 cm³/mol. The van der Waals surface area contributed by atoms with Crippen molar-refractivity contribution in [1.29, 1.82) is 0 Å². The maximum absolute atomic E-state index is 5.12. The van der Waals surface area contributed by atoms with Crippen LogP contribution in [0.4, 0.5) is 5.95 Å². The van der Waals surface area contributed by atoms with Gasteiger partial charge < -0.3 is 15.0 Å². The molecule has 1 N–H and O–H groups in total. The smallest absolute Gasteiger partial charge is 0.225 e. The van der Waals surface area contributed by atoms with E-state index in [1.54, 1.807) is 19.4 Å². The third-order valence-electron chi connectivity index (χ3n) is 4.80. The first-order valence-corrected chi connectivity index (χ1v) is 8.20. The van der Waals surface area contributed by atoms with Crippen LogP contribution in [-0.4, -0.2) is 47.7 Å². The van der Waals surface area contributed by atoms with Gasteiger partial charge in [0.05, 0.1) is 7.11 Å². The van der Waals surface area contributed by atoms with Crippen LogP contribution >= 0.6 is 0 Å². The molecule has 2 heterocycles. The van der Waals surface area contributed by atoms with Crippen molar-refractivity contribution in [3.8, 4) is 5.88 Å². The molecule has 2 aliphatic rings. The normalized spacial score (nSPS) is 24.1. The molecular formula is C16H26N4O. The van der Waals surface area contributed by atoms with Crippen LogP contribution < -0.4 is 10.1 Å². The minimum absolute atomic E-state index is 0.614. The molecule has 1 saturated carbocycles. The van der Waals surface area contributed by atoms with Gasteiger partial charge >= 0.3 is 0 Å². The summed E-state index contributed by atoms with van der Waals surface area (Å²) >= 11 is 0. The molecule has 0 unspecified atom stereocenters. The highest BCUT2D eigenvalue weighted by atomic mass is 16.5. The highest BCUT2D eigenvalue weighted by Crippen LogP contribution is 2.27. The van der Waals surface area contributed by atoms with Gasteiger partial charge in [-0.1, -0.05) is 19.3 Å². The number of hydrogen-bond donors (Lipinski definition) is 1. The van der Waals surface area contributed by atoms with Crippen LogP contribution in [0.1, 0.15) is 38.5 Å². The largest absolute Gasteiger partial charge is 0.481 e. The summed E-state index contributed by atoms with van der Waals surface area (Å²) in [6, 6.07) is 2.61. The Hall–Kier alpha value is -1.36. The lowest BCUT2D eigenvalue weighted by atomic mass is 9.94. The molecule has 5 nitrogen and oxygen atoms in total. The molecule has 0 bridgehead atoms. The quantitative estimate of drug-likeness (QED) is 0.903. The third-order valence-corrected chi connectivity index (χ3v) is 4.80. The van der Waals surface area contributed by atoms with Gasteiger partial charge in [0.2, 0.25) is 11.8 Å². The summed E-state index contributed by atoms with van der Waals surface area (Å²) in [6.07, 6.45) is 10.1. The summed E-state index contributed by atoms with van der Waals surface area (Å²) in [5.41, 5.74) is 0. The molecule has 0 amide bonds. The molecule has 0 spiro atoms. The van der Waals surface area contributed by atoms with E-state index in [-0.39, 0.29) is 0 Å². The van der Waals surface area contributed by atoms with Crippen molar-refractivity contribution in [3.63, 3.8) is 0 Å². The van der Waals surface area contributed by atoms with Gasteiger partial charge in [0, 0.05) is 31.4 Å². The number of hydrogen-bond acceptors (Lipinski definition) is 5. The van der Waals surface area contributed by atoms with Crippen molar-refractivity contribution in [2.75, 3.05) is 32.1 Å². The van der Waals surface area contributed by atoms with Crippen molar-refractivity contribution in [2.45, 2.75) is 44.6 Å². The van der Waals surface area contributed by atoms with Crippen LogP contribution in [0.25, 0.3) is 0 Å². The molecule has 116 valence electrons. The van der Waals surface area contributed by atoms with Crippen molar-refractivity contribution >= 4 is 5.95 Å². The lowest BCUT2D eigenvalue weighted by Crippen LogP contribution is -2.35. The fraction of sp³-hybridized carbons (Fsp3) is 0.750. The maximum atomic E-state index is 5.12. The minimum atomic E-state index is 0.614. The summed E-state index contributed by atoms with van der Waals surface area (Å²) in [6.45, 7) is 3.44. The summed E-state index contributed by atoms with van der Waals surface area (Å²) in [7, 11) is 1.63. The molecule has 0 radical (unpaired) electrons. The highest BCUT2D eigenvalue weighted by molar-refractivity contribution is 5.27. The second-order valence-electron chi connectivity index (χ2n) is 6.24. The number of ether oxygens (including phenoxy) is 1. The van der Waals surface area contributed by atoms with Crippen LogP contribution in [-0.2, 0) is 0 Å².